The van der Waals surface area contributed by atoms with Crippen molar-refractivity contribution >= 4 is 11.5 Å². The van der Waals surface area contributed by atoms with Crippen molar-refractivity contribution in [3.8, 4) is 0 Å². The number of nitrogens with one attached hydrogen (secondary N) is 1. The van der Waals surface area contributed by atoms with Crippen molar-refractivity contribution in [3.63, 3.8) is 0 Å². The van der Waals surface area contributed by atoms with E-state index in [9.17, 15) is 0 Å². The fraction of sp³-hybridized carbons (Fsp3) is 0.222. The van der Waals surface area contributed by atoms with Gasteiger partial charge in [-0.25, -0.2) is 10.8 Å². The first-order valence-electron chi connectivity index (χ1n) is 3.81. The Hall–Kier alpha value is -1.35. The van der Waals surface area contributed by atoms with Gasteiger partial charge in [0.05, 0.1) is 5.69 Å². The maximum absolute atomic E-state index is 5.17. The lowest BCUT2D eigenvalue weighted by Crippen LogP contribution is -2.27. The highest BCUT2D eigenvalue weighted by atomic mass is 15.2. The molecule has 0 spiro atoms. The van der Waals surface area contributed by atoms with Crippen molar-refractivity contribution in [1.29, 1.82) is 0 Å². The Bertz CT molecular complexity index is 274. The standard InChI is InChI=1S/C9H13N3/c1-7-3-5-9(6-4-7)11-8(2)12-10/h3-6H,10H2,1-2H3,(H,11,12). The summed E-state index contributed by atoms with van der Waals surface area (Å²) >= 11 is 0. The third-order valence-corrected chi connectivity index (χ3v) is 1.54. The van der Waals surface area contributed by atoms with Gasteiger partial charge < -0.3 is 5.43 Å². The number of aryl methyl sites for hydroxylation is 1. The van der Waals surface area contributed by atoms with Gasteiger partial charge in [0.15, 0.2) is 0 Å². The van der Waals surface area contributed by atoms with Gasteiger partial charge in [0.2, 0.25) is 0 Å². The zero-order valence-corrected chi connectivity index (χ0v) is 7.33. The summed E-state index contributed by atoms with van der Waals surface area (Å²) in [7, 11) is 0. The van der Waals surface area contributed by atoms with Gasteiger partial charge in [-0.05, 0) is 26.0 Å². The Balaban J connectivity index is 2.84. The van der Waals surface area contributed by atoms with Gasteiger partial charge in [-0.2, -0.15) is 0 Å². The first kappa shape index (κ1) is 8.74. The van der Waals surface area contributed by atoms with E-state index in [2.05, 4.69) is 10.4 Å². The highest BCUT2D eigenvalue weighted by Crippen LogP contribution is 2.11. The molecule has 3 heteroatoms. The lowest BCUT2D eigenvalue weighted by atomic mass is 10.2. The molecule has 0 heterocycles. The summed E-state index contributed by atoms with van der Waals surface area (Å²) in [5.41, 5.74) is 4.62. The van der Waals surface area contributed by atoms with Crippen LogP contribution in [0.5, 0.6) is 0 Å². The molecule has 0 bridgehead atoms. The van der Waals surface area contributed by atoms with Crippen LogP contribution in [0.1, 0.15) is 12.5 Å². The SMILES string of the molecule is CC(=Nc1ccc(C)cc1)NN. The summed E-state index contributed by atoms with van der Waals surface area (Å²) in [6.45, 7) is 3.86. The Morgan fingerprint density at radius 1 is 1.33 bits per heavy atom. The topological polar surface area (TPSA) is 50.4 Å². The monoisotopic (exact) mass is 163 g/mol. The highest BCUT2D eigenvalue weighted by molar-refractivity contribution is 5.81. The lowest BCUT2D eigenvalue weighted by molar-refractivity contribution is 1.02. The molecule has 0 atom stereocenters. The third kappa shape index (κ3) is 2.36. The minimum absolute atomic E-state index is 0.707. The van der Waals surface area contributed by atoms with E-state index >= 15 is 0 Å². The van der Waals surface area contributed by atoms with E-state index in [1.54, 1.807) is 0 Å². The van der Waals surface area contributed by atoms with E-state index in [0.29, 0.717) is 5.84 Å². The lowest BCUT2D eigenvalue weighted by Gasteiger charge is -1.98. The van der Waals surface area contributed by atoms with E-state index in [4.69, 9.17) is 5.84 Å². The molecule has 0 aromatic heterocycles. The van der Waals surface area contributed by atoms with Crippen LogP contribution in [0.25, 0.3) is 0 Å². The summed E-state index contributed by atoms with van der Waals surface area (Å²) in [6, 6.07) is 7.94. The Labute approximate surface area is 72.3 Å². The summed E-state index contributed by atoms with van der Waals surface area (Å²) in [4.78, 5) is 4.20. The van der Waals surface area contributed by atoms with Crippen LogP contribution < -0.4 is 11.3 Å². The number of aliphatic imine (C=N–C) groups is 1. The Morgan fingerprint density at radius 2 is 1.92 bits per heavy atom. The van der Waals surface area contributed by atoms with Crippen LogP contribution >= 0.6 is 0 Å². The second-order valence-electron chi connectivity index (χ2n) is 2.68. The highest BCUT2D eigenvalue weighted by Gasteiger charge is 1.89. The Kier molecular flexibility index (Phi) is 2.82. The number of hydrazine groups is 1. The zero-order chi connectivity index (χ0) is 8.97. The van der Waals surface area contributed by atoms with Gasteiger partial charge in [0.25, 0.3) is 0 Å². The second kappa shape index (κ2) is 3.88. The van der Waals surface area contributed by atoms with Crippen LogP contribution in [0, 0.1) is 6.92 Å². The van der Waals surface area contributed by atoms with E-state index in [1.165, 1.54) is 5.56 Å². The van der Waals surface area contributed by atoms with Crippen molar-refractivity contribution in [3.05, 3.63) is 29.8 Å². The smallest absolute Gasteiger partial charge is 0.113 e. The summed E-state index contributed by atoms with van der Waals surface area (Å²) < 4.78 is 0. The third-order valence-electron chi connectivity index (χ3n) is 1.54. The predicted octanol–water partition coefficient (Wildman–Crippen LogP) is 1.51. The molecule has 1 rings (SSSR count). The fourth-order valence-electron chi connectivity index (χ4n) is 0.845. The molecule has 0 aliphatic carbocycles. The van der Waals surface area contributed by atoms with E-state index < -0.39 is 0 Å². The van der Waals surface area contributed by atoms with Crippen molar-refractivity contribution < 1.29 is 0 Å². The van der Waals surface area contributed by atoms with Gasteiger partial charge in [-0.15, -0.1) is 0 Å². The molecular weight excluding hydrogens is 150 g/mol. The maximum Gasteiger partial charge on any atom is 0.113 e. The molecule has 64 valence electrons. The quantitative estimate of drug-likeness (QED) is 0.285. The normalized spacial score (nSPS) is 11.4. The molecule has 0 fully saturated rings. The molecule has 1 aromatic rings. The van der Waals surface area contributed by atoms with Gasteiger partial charge >= 0.3 is 0 Å². The van der Waals surface area contributed by atoms with Crippen molar-refractivity contribution in [2.75, 3.05) is 0 Å². The van der Waals surface area contributed by atoms with Crippen molar-refractivity contribution in [1.82, 2.24) is 5.43 Å². The van der Waals surface area contributed by atoms with Crippen LogP contribution in [0.4, 0.5) is 5.69 Å². The minimum atomic E-state index is 0.707. The fourth-order valence-corrected chi connectivity index (χ4v) is 0.845. The average molecular weight is 163 g/mol. The number of hydrogen-bond acceptors (Lipinski definition) is 2. The van der Waals surface area contributed by atoms with Crippen LogP contribution in [0.3, 0.4) is 0 Å². The molecule has 0 aliphatic rings. The molecule has 0 amide bonds. The summed E-state index contributed by atoms with van der Waals surface area (Å²) in [6.07, 6.45) is 0. The van der Waals surface area contributed by atoms with Gasteiger partial charge in [-0.1, -0.05) is 17.7 Å². The molecule has 0 aliphatic heterocycles. The molecule has 1 aromatic carbocycles. The first-order chi connectivity index (χ1) is 5.72. The molecule has 0 saturated carbocycles. The molecule has 0 unspecified atom stereocenters. The Morgan fingerprint density at radius 3 is 2.42 bits per heavy atom. The number of amidine groups is 1. The van der Waals surface area contributed by atoms with E-state index in [-0.39, 0.29) is 0 Å². The summed E-state index contributed by atoms with van der Waals surface area (Å²) in [5.74, 6) is 5.88. The molecule has 12 heavy (non-hydrogen) atoms. The van der Waals surface area contributed by atoms with Crippen molar-refractivity contribution in [2.45, 2.75) is 13.8 Å². The molecule has 0 saturated heterocycles. The van der Waals surface area contributed by atoms with E-state index in [0.717, 1.165) is 5.69 Å². The molecular formula is C9H13N3. The minimum Gasteiger partial charge on any atom is -0.312 e. The van der Waals surface area contributed by atoms with Crippen LogP contribution in [0.2, 0.25) is 0 Å². The number of benzene rings is 1. The summed E-state index contributed by atoms with van der Waals surface area (Å²) in [5, 5.41) is 0. The number of nitrogens with two attached hydrogens (primary N) is 1. The van der Waals surface area contributed by atoms with Crippen LogP contribution in [-0.4, -0.2) is 5.84 Å². The zero-order valence-electron chi connectivity index (χ0n) is 7.33. The second-order valence-corrected chi connectivity index (χ2v) is 2.68. The molecule has 3 nitrogen and oxygen atoms in total. The van der Waals surface area contributed by atoms with E-state index in [1.807, 2.05) is 38.1 Å². The van der Waals surface area contributed by atoms with Crippen molar-refractivity contribution in [2.24, 2.45) is 10.8 Å². The first-order valence-corrected chi connectivity index (χ1v) is 3.81. The van der Waals surface area contributed by atoms with Gasteiger partial charge in [0.1, 0.15) is 5.84 Å². The number of hydrogen-bond donors (Lipinski definition) is 2. The molecule has 0 radical (unpaired) electrons. The van der Waals surface area contributed by atoms with Gasteiger partial charge in [-0.3, -0.25) is 0 Å². The predicted molar refractivity (Wildman–Crippen MR) is 51.3 cm³/mol. The van der Waals surface area contributed by atoms with Crippen LogP contribution in [-0.2, 0) is 0 Å². The average Bonchev–Trinajstić information content (AvgIpc) is 2.09. The van der Waals surface area contributed by atoms with Gasteiger partial charge in [0, 0.05) is 0 Å². The maximum atomic E-state index is 5.17. The number of nitrogens with zero attached hydrogens (tertiary/aromatic N) is 1. The number of rotatable bonds is 1. The molecule has 3 N–H and O–H groups in total. The van der Waals surface area contributed by atoms with Crippen LogP contribution in [0.15, 0.2) is 29.3 Å². The largest absolute Gasteiger partial charge is 0.312 e.